The van der Waals surface area contributed by atoms with Crippen molar-refractivity contribution in [1.82, 2.24) is 14.9 Å². The molecule has 2 atom stereocenters. The smallest absolute Gasteiger partial charge is 0.249 e. The van der Waals surface area contributed by atoms with Gasteiger partial charge in [-0.3, -0.25) is 4.79 Å². The van der Waals surface area contributed by atoms with E-state index in [1.807, 2.05) is 62.4 Å². The van der Waals surface area contributed by atoms with Gasteiger partial charge in [0, 0.05) is 6.61 Å². The second-order valence-corrected chi connectivity index (χ2v) is 7.46. The van der Waals surface area contributed by atoms with Crippen LogP contribution >= 0.6 is 0 Å². The molecule has 6 heteroatoms. The van der Waals surface area contributed by atoms with Crippen LogP contribution in [0.1, 0.15) is 37.2 Å². The first-order chi connectivity index (χ1) is 14.1. The van der Waals surface area contributed by atoms with Crippen LogP contribution in [0.2, 0.25) is 0 Å². The highest BCUT2D eigenvalue weighted by molar-refractivity contribution is 5.81. The molecular weight excluding hydrogens is 366 g/mol. The molecule has 4 rings (SSSR count). The number of para-hydroxylation sites is 3. The zero-order chi connectivity index (χ0) is 20.2. The van der Waals surface area contributed by atoms with Gasteiger partial charge in [-0.05, 0) is 50.5 Å². The van der Waals surface area contributed by atoms with Crippen LogP contribution in [0.3, 0.4) is 0 Å². The topological polar surface area (TPSA) is 65.4 Å². The number of carbonyl (C=O) groups excluding carboxylic acids is 1. The molecular formula is C23H27N3O3. The van der Waals surface area contributed by atoms with Crippen molar-refractivity contribution in [3.63, 3.8) is 0 Å². The third kappa shape index (κ3) is 4.27. The number of nitrogens with one attached hydrogen (secondary N) is 1. The van der Waals surface area contributed by atoms with Crippen molar-refractivity contribution in [3.8, 4) is 5.75 Å². The fourth-order valence-corrected chi connectivity index (χ4v) is 3.78. The number of amides is 1. The fraction of sp³-hybridized carbons (Fsp3) is 0.391. The predicted molar refractivity (Wildman–Crippen MR) is 112 cm³/mol. The van der Waals surface area contributed by atoms with Crippen LogP contribution in [0.25, 0.3) is 11.0 Å². The first-order valence-electron chi connectivity index (χ1n) is 10.2. The first-order valence-corrected chi connectivity index (χ1v) is 10.2. The molecule has 0 bridgehead atoms. The Hall–Kier alpha value is -2.86. The van der Waals surface area contributed by atoms with E-state index in [1.54, 1.807) is 0 Å². The second kappa shape index (κ2) is 8.66. The van der Waals surface area contributed by atoms with Crippen molar-refractivity contribution in [1.29, 1.82) is 0 Å². The van der Waals surface area contributed by atoms with Crippen molar-refractivity contribution in [2.75, 3.05) is 13.2 Å². The Morgan fingerprint density at radius 3 is 2.86 bits per heavy atom. The lowest BCUT2D eigenvalue weighted by atomic mass is 10.2. The third-order valence-electron chi connectivity index (χ3n) is 5.32. The molecule has 1 amide bonds. The number of ether oxygens (including phenoxy) is 2. The number of aromatic nitrogens is 2. The molecule has 29 heavy (non-hydrogen) atoms. The van der Waals surface area contributed by atoms with Gasteiger partial charge in [0.2, 0.25) is 5.91 Å². The highest BCUT2D eigenvalue weighted by atomic mass is 16.5. The van der Waals surface area contributed by atoms with Gasteiger partial charge >= 0.3 is 0 Å². The van der Waals surface area contributed by atoms with E-state index in [0.29, 0.717) is 19.8 Å². The number of hydrogen-bond acceptors (Lipinski definition) is 4. The highest BCUT2D eigenvalue weighted by Crippen LogP contribution is 2.22. The molecule has 1 aliphatic rings. The minimum absolute atomic E-state index is 0.0650. The summed E-state index contributed by atoms with van der Waals surface area (Å²) in [6.07, 6.45) is 1.36. The van der Waals surface area contributed by atoms with Crippen LogP contribution < -0.4 is 10.1 Å². The van der Waals surface area contributed by atoms with Crippen molar-refractivity contribution in [3.05, 3.63) is 59.9 Å². The Labute approximate surface area is 170 Å². The summed E-state index contributed by atoms with van der Waals surface area (Å²) in [5.74, 6) is 1.65. The number of aryl methyl sites for hydroxylation is 1. The van der Waals surface area contributed by atoms with Crippen LogP contribution in [-0.2, 0) is 16.1 Å². The van der Waals surface area contributed by atoms with Crippen LogP contribution in [0, 0.1) is 6.92 Å². The maximum Gasteiger partial charge on any atom is 0.249 e. The van der Waals surface area contributed by atoms with Crippen LogP contribution in [0.4, 0.5) is 0 Å². The summed E-state index contributed by atoms with van der Waals surface area (Å²) in [4.78, 5) is 17.3. The van der Waals surface area contributed by atoms with E-state index in [1.165, 1.54) is 0 Å². The van der Waals surface area contributed by atoms with E-state index < -0.39 is 0 Å². The molecule has 1 fully saturated rings. The number of hydrogen-bond donors (Lipinski definition) is 1. The summed E-state index contributed by atoms with van der Waals surface area (Å²) in [6, 6.07) is 15.8. The van der Waals surface area contributed by atoms with Gasteiger partial charge < -0.3 is 19.4 Å². The van der Waals surface area contributed by atoms with Gasteiger partial charge in [0.25, 0.3) is 0 Å². The Kier molecular flexibility index (Phi) is 5.81. The van der Waals surface area contributed by atoms with Crippen LogP contribution in [0.5, 0.6) is 5.75 Å². The van der Waals surface area contributed by atoms with Crippen molar-refractivity contribution in [2.45, 2.75) is 45.4 Å². The molecule has 0 aliphatic carbocycles. The molecule has 2 aromatic carbocycles. The molecule has 2 heterocycles. The standard InChI is InChI=1S/C23H27N3O3/c1-16-8-3-6-11-20(16)29-15-13-26-19-10-5-4-9-18(19)25-22(26)17(2)24-23(27)21-12-7-14-28-21/h3-6,8-11,17,21H,7,12-15H2,1-2H3,(H,24,27). The lowest BCUT2D eigenvalue weighted by Crippen LogP contribution is -2.36. The average Bonchev–Trinajstić information content (AvgIpc) is 3.38. The maximum absolute atomic E-state index is 12.5. The van der Waals surface area contributed by atoms with Crippen molar-refractivity contribution in [2.24, 2.45) is 0 Å². The Morgan fingerprint density at radius 2 is 2.07 bits per heavy atom. The third-order valence-corrected chi connectivity index (χ3v) is 5.32. The molecule has 1 aliphatic heterocycles. The van der Waals surface area contributed by atoms with Gasteiger partial charge in [0.05, 0.1) is 23.6 Å². The van der Waals surface area contributed by atoms with Gasteiger partial charge in [0.1, 0.15) is 24.3 Å². The average molecular weight is 393 g/mol. The van der Waals surface area contributed by atoms with E-state index in [2.05, 4.69) is 9.88 Å². The summed E-state index contributed by atoms with van der Waals surface area (Å²) in [5, 5.41) is 3.07. The summed E-state index contributed by atoms with van der Waals surface area (Å²) < 4.78 is 13.6. The molecule has 6 nitrogen and oxygen atoms in total. The van der Waals surface area contributed by atoms with E-state index in [9.17, 15) is 4.79 Å². The molecule has 2 unspecified atom stereocenters. The van der Waals surface area contributed by atoms with Gasteiger partial charge in [0.15, 0.2) is 0 Å². The first kappa shape index (κ1) is 19.5. The number of rotatable bonds is 7. The molecule has 0 radical (unpaired) electrons. The van der Waals surface area contributed by atoms with Gasteiger partial charge in [-0.15, -0.1) is 0 Å². The lowest BCUT2D eigenvalue weighted by Gasteiger charge is -2.18. The van der Waals surface area contributed by atoms with Crippen molar-refractivity contribution < 1.29 is 14.3 Å². The number of nitrogens with zero attached hydrogens (tertiary/aromatic N) is 2. The summed E-state index contributed by atoms with van der Waals surface area (Å²) in [5.41, 5.74) is 3.06. The molecule has 1 N–H and O–H groups in total. The minimum Gasteiger partial charge on any atom is -0.491 e. The largest absolute Gasteiger partial charge is 0.491 e. The highest BCUT2D eigenvalue weighted by Gasteiger charge is 2.26. The number of carbonyl (C=O) groups is 1. The Morgan fingerprint density at radius 1 is 1.28 bits per heavy atom. The summed E-state index contributed by atoms with van der Waals surface area (Å²) in [6.45, 7) is 5.82. The van der Waals surface area contributed by atoms with E-state index >= 15 is 0 Å². The summed E-state index contributed by atoms with van der Waals surface area (Å²) in [7, 11) is 0. The molecule has 0 saturated carbocycles. The molecule has 0 spiro atoms. The lowest BCUT2D eigenvalue weighted by molar-refractivity contribution is -0.130. The van der Waals surface area contributed by atoms with E-state index in [0.717, 1.165) is 41.0 Å². The van der Waals surface area contributed by atoms with Crippen molar-refractivity contribution >= 4 is 16.9 Å². The zero-order valence-corrected chi connectivity index (χ0v) is 16.9. The van der Waals surface area contributed by atoms with Gasteiger partial charge in [-0.2, -0.15) is 0 Å². The molecule has 152 valence electrons. The predicted octanol–water partition coefficient (Wildman–Crippen LogP) is 3.78. The Bertz CT molecular complexity index is 992. The number of benzene rings is 2. The van der Waals surface area contributed by atoms with Crippen LogP contribution in [0.15, 0.2) is 48.5 Å². The van der Waals surface area contributed by atoms with E-state index in [4.69, 9.17) is 14.5 Å². The van der Waals surface area contributed by atoms with E-state index in [-0.39, 0.29) is 18.1 Å². The molecule has 3 aromatic rings. The molecule has 1 saturated heterocycles. The molecule has 1 aromatic heterocycles. The SMILES string of the molecule is Cc1ccccc1OCCn1c(C(C)NC(=O)C2CCCO2)nc2ccccc21. The number of imidazole rings is 1. The number of fused-ring (bicyclic) bond motifs is 1. The monoisotopic (exact) mass is 393 g/mol. The fourth-order valence-electron chi connectivity index (χ4n) is 3.78. The summed E-state index contributed by atoms with van der Waals surface area (Å²) >= 11 is 0. The zero-order valence-electron chi connectivity index (χ0n) is 16.9. The van der Waals surface area contributed by atoms with Gasteiger partial charge in [-0.25, -0.2) is 4.98 Å². The Balaban J connectivity index is 1.52. The second-order valence-electron chi connectivity index (χ2n) is 7.46. The van der Waals surface area contributed by atoms with Crippen LogP contribution in [-0.4, -0.2) is 34.8 Å². The quantitative estimate of drug-likeness (QED) is 0.663. The maximum atomic E-state index is 12.5. The normalized spacial score (nSPS) is 17.4. The van der Waals surface area contributed by atoms with Gasteiger partial charge in [-0.1, -0.05) is 30.3 Å². The minimum atomic E-state index is -0.348.